The molecule has 0 saturated carbocycles. The molecule has 0 saturated heterocycles. The average Bonchev–Trinajstić information content (AvgIpc) is 2.70. The third-order valence-corrected chi connectivity index (χ3v) is 12.3. The molecule has 0 N–H and O–H groups in total. The first-order valence-corrected chi connectivity index (χ1v) is 12.2. The number of rotatable bonds is 5. The average molecular weight is 441 g/mol. The Morgan fingerprint density at radius 2 is 1.00 bits per heavy atom. The van der Waals surface area contributed by atoms with Gasteiger partial charge in [0.15, 0.2) is 0 Å². The Bertz CT molecular complexity index is 789. The van der Waals surface area contributed by atoms with Gasteiger partial charge < -0.3 is 0 Å². The van der Waals surface area contributed by atoms with E-state index in [0.29, 0.717) is 0 Å². The number of ketones is 1. The molecule has 0 aliphatic rings. The van der Waals surface area contributed by atoms with Crippen molar-refractivity contribution in [3.05, 3.63) is 91.0 Å². The van der Waals surface area contributed by atoms with Crippen molar-refractivity contribution in [2.75, 3.05) is 0 Å². The molecule has 0 bridgehead atoms. The van der Waals surface area contributed by atoms with E-state index in [4.69, 9.17) is 0 Å². The van der Waals surface area contributed by atoms with Crippen LogP contribution in [0, 0.1) is 5.41 Å². The third kappa shape index (κ3) is 3.79. The minimum absolute atomic E-state index is 0.241. The summed E-state index contributed by atoms with van der Waals surface area (Å²) in [6.07, 6.45) is 0. The maximum atomic E-state index is 13.5. The molecule has 1 unspecified atom stereocenters. The van der Waals surface area contributed by atoms with Crippen LogP contribution in [0.4, 0.5) is 0 Å². The molecule has 0 radical (unpaired) electrons. The van der Waals surface area contributed by atoms with Gasteiger partial charge in [0.25, 0.3) is 0 Å². The topological polar surface area (TPSA) is 17.1 Å². The molecule has 0 spiro atoms. The summed E-state index contributed by atoms with van der Waals surface area (Å²) in [6, 6.07) is 31.6. The van der Waals surface area contributed by atoms with Crippen molar-refractivity contribution in [3.63, 3.8) is 0 Å². The van der Waals surface area contributed by atoms with Gasteiger partial charge in [0.1, 0.15) is 0 Å². The molecule has 0 aromatic heterocycles. The van der Waals surface area contributed by atoms with Gasteiger partial charge in [0.2, 0.25) is 0 Å². The van der Waals surface area contributed by atoms with E-state index in [1.165, 1.54) is 15.9 Å². The molecule has 3 heteroatoms. The summed E-state index contributed by atoms with van der Waals surface area (Å²) < 4.78 is -0.266. The Labute approximate surface area is 171 Å². The van der Waals surface area contributed by atoms with Gasteiger partial charge in [-0.15, -0.1) is 0 Å². The van der Waals surface area contributed by atoms with Gasteiger partial charge in [-0.1, -0.05) is 0 Å². The number of hydrogen-bond donors (Lipinski definition) is 0. The fraction of sp³-hybridized carbons (Fsp3) is 0.208. The van der Waals surface area contributed by atoms with E-state index in [9.17, 15) is 4.79 Å². The second-order valence-corrected chi connectivity index (χ2v) is 13.6. The number of Topliss-reactive ketones (excluding diaryl/α,β-unsaturated/α-hetero) is 1. The SMILES string of the molecule is CC(C)(C)C(=O)C(Br)[PH](c1ccccc1)(c1ccccc1)c1ccccc1. The van der Waals surface area contributed by atoms with Crippen LogP contribution in [-0.4, -0.2) is 10.4 Å². The summed E-state index contributed by atoms with van der Waals surface area (Å²) in [6.45, 7) is 6.01. The van der Waals surface area contributed by atoms with E-state index in [1.54, 1.807) is 0 Å². The molecule has 3 aromatic carbocycles. The molecule has 1 nitrogen and oxygen atoms in total. The van der Waals surface area contributed by atoms with Crippen molar-refractivity contribution in [2.24, 2.45) is 5.41 Å². The second-order valence-electron chi connectivity index (χ2n) is 7.88. The number of carbonyl (C=O) groups is 1. The number of benzene rings is 3. The monoisotopic (exact) mass is 440 g/mol. The van der Waals surface area contributed by atoms with Crippen LogP contribution in [0.25, 0.3) is 0 Å². The van der Waals surface area contributed by atoms with Crippen LogP contribution in [0.5, 0.6) is 0 Å². The first kappa shape index (κ1) is 20.0. The predicted octanol–water partition coefficient (Wildman–Crippen LogP) is 5.05. The van der Waals surface area contributed by atoms with Crippen molar-refractivity contribution < 1.29 is 4.79 Å². The van der Waals surface area contributed by atoms with E-state index in [2.05, 4.69) is 88.7 Å². The molecule has 0 fully saturated rings. The van der Waals surface area contributed by atoms with E-state index in [1.807, 2.05) is 39.0 Å². The Kier molecular flexibility index (Phi) is 5.99. The van der Waals surface area contributed by atoms with Gasteiger partial charge in [-0.25, -0.2) is 0 Å². The fourth-order valence-electron chi connectivity index (χ4n) is 3.62. The molecule has 0 heterocycles. The molecular formula is C24H26BrOP. The van der Waals surface area contributed by atoms with Crippen molar-refractivity contribution in [3.8, 4) is 0 Å². The van der Waals surface area contributed by atoms with Crippen LogP contribution in [0.2, 0.25) is 0 Å². The van der Waals surface area contributed by atoms with E-state index in [-0.39, 0.29) is 10.4 Å². The Morgan fingerprint density at radius 3 is 1.26 bits per heavy atom. The number of carbonyl (C=O) groups excluding carboxylic acids is 1. The molecule has 0 aliphatic heterocycles. The molecule has 0 aliphatic carbocycles. The second kappa shape index (κ2) is 8.09. The number of halogens is 1. The molecular weight excluding hydrogens is 415 g/mol. The van der Waals surface area contributed by atoms with Gasteiger partial charge >= 0.3 is 171 Å². The fourth-order valence-corrected chi connectivity index (χ4v) is 11.5. The summed E-state index contributed by atoms with van der Waals surface area (Å²) in [5.41, 5.74) is -0.426. The van der Waals surface area contributed by atoms with E-state index >= 15 is 0 Å². The van der Waals surface area contributed by atoms with E-state index in [0.717, 1.165) is 0 Å². The summed E-state index contributed by atoms with van der Waals surface area (Å²) in [4.78, 5) is 13.5. The summed E-state index contributed by atoms with van der Waals surface area (Å²) in [5.74, 6) is 0.241. The van der Waals surface area contributed by atoms with Gasteiger partial charge in [0.05, 0.1) is 0 Å². The maximum absolute atomic E-state index is 13.5. The normalized spacial score (nSPS) is 13.8. The van der Waals surface area contributed by atoms with Gasteiger partial charge in [-0.2, -0.15) is 0 Å². The van der Waals surface area contributed by atoms with E-state index < -0.39 is 12.7 Å². The van der Waals surface area contributed by atoms with Crippen LogP contribution in [0.15, 0.2) is 91.0 Å². The quantitative estimate of drug-likeness (QED) is 0.400. The molecule has 3 aromatic rings. The van der Waals surface area contributed by atoms with Crippen LogP contribution >= 0.6 is 23.2 Å². The first-order valence-electron chi connectivity index (χ1n) is 9.23. The minimum atomic E-state index is -2.63. The summed E-state index contributed by atoms with van der Waals surface area (Å²) in [5, 5.41) is 3.71. The Balaban J connectivity index is 2.38. The van der Waals surface area contributed by atoms with Crippen LogP contribution in [0.1, 0.15) is 20.8 Å². The Hall–Kier alpha value is -1.76. The zero-order chi connectivity index (χ0) is 19.5. The summed E-state index contributed by atoms with van der Waals surface area (Å²) in [7, 11) is -2.63. The molecule has 3 rings (SSSR count). The predicted molar refractivity (Wildman–Crippen MR) is 124 cm³/mol. The Morgan fingerprint density at radius 1 is 0.704 bits per heavy atom. The van der Waals surface area contributed by atoms with Crippen LogP contribution in [0.3, 0.4) is 0 Å². The number of alkyl halides is 1. The van der Waals surface area contributed by atoms with Gasteiger partial charge in [-0.3, -0.25) is 0 Å². The van der Waals surface area contributed by atoms with Gasteiger partial charge in [-0.05, 0) is 0 Å². The third-order valence-electron chi connectivity index (χ3n) is 5.04. The molecule has 0 amide bonds. The zero-order valence-electron chi connectivity index (χ0n) is 16.0. The number of hydrogen-bond acceptors (Lipinski definition) is 1. The molecule has 27 heavy (non-hydrogen) atoms. The van der Waals surface area contributed by atoms with Crippen LogP contribution in [-0.2, 0) is 4.79 Å². The summed E-state index contributed by atoms with van der Waals surface area (Å²) >= 11 is 3.93. The van der Waals surface area contributed by atoms with Crippen LogP contribution < -0.4 is 15.9 Å². The first-order chi connectivity index (χ1) is 12.9. The van der Waals surface area contributed by atoms with Crippen molar-refractivity contribution in [1.82, 2.24) is 0 Å². The molecule has 1 atom stereocenters. The zero-order valence-corrected chi connectivity index (χ0v) is 18.6. The van der Waals surface area contributed by atoms with Gasteiger partial charge in [0, 0.05) is 0 Å². The molecule has 140 valence electrons. The van der Waals surface area contributed by atoms with Crippen molar-refractivity contribution in [1.29, 1.82) is 0 Å². The standard InChI is InChI=1S/C24H26BrOP/c1-24(2,3)22(26)23(25)27(19-13-7-4-8-14-19,20-15-9-5-10-16-20)21-17-11-6-12-18-21/h4-18,23,27H,1-3H3. The van der Waals surface area contributed by atoms with Crippen molar-refractivity contribution >= 4 is 44.9 Å². The van der Waals surface area contributed by atoms with Crippen molar-refractivity contribution in [2.45, 2.75) is 25.3 Å².